The topological polar surface area (TPSA) is 37.8 Å². The maximum absolute atomic E-state index is 6.26. The molecule has 4 rings (SSSR count). The zero-order chi connectivity index (χ0) is 17.4. The number of thiophene rings is 1. The second kappa shape index (κ2) is 6.47. The molecule has 0 bridgehead atoms. The van der Waals surface area contributed by atoms with E-state index in [4.69, 9.17) is 11.6 Å². The highest BCUT2D eigenvalue weighted by atomic mass is 35.5. The monoisotopic (exact) mass is 365 g/mol. The maximum atomic E-state index is 6.26. The van der Waals surface area contributed by atoms with Crippen molar-refractivity contribution in [2.45, 2.75) is 13.8 Å². The highest BCUT2D eigenvalue weighted by Crippen LogP contribution is 2.41. The van der Waals surface area contributed by atoms with E-state index in [0.717, 1.165) is 32.3 Å². The summed E-state index contributed by atoms with van der Waals surface area (Å²) in [5, 5.41) is 5.19. The average Bonchev–Trinajstić information content (AvgIpc) is 2.96. The second-order valence-corrected chi connectivity index (χ2v) is 7.50. The Kier molecular flexibility index (Phi) is 4.15. The quantitative estimate of drug-likeness (QED) is 0.458. The Balaban J connectivity index is 1.88. The van der Waals surface area contributed by atoms with E-state index >= 15 is 0 Å². The first-order valence-corrected chi connectivity index (χ1v) is 9.15. The standard InChI is InChI=1S/C20H16ClN3S/c1-12-8-9-15(10-16(12)21)24-19-18-17(14-6-4-3-5-7-14)13(2)25-20(18)23-11-22-19/h3-11H,1-2H3,(H,22,23,24). The van der Waals surface area contributed by atoms with Crippen LogP contribution in [0.4, 0.5) is 11.5 Å². The Bertz CT molecular complexity index is 1060. The molecule has 0 saturated carbocycles. The highest BCUT2D eigenvalue weighted by Gasteiger charge is 2.16. The predicted molar refractivity (Wildman–Crippen MR) is 107 cm³/mol. The molecule has 1 N–H and O–H groups in total. The molecule has 2 aromatic carbocycles. The SMILES string of the molecule is Cc1ccc(Nc2ncnc3sc(C)c(-c4ccccc4)c23)cc1Cl. The van der Waals surface area contributed by atoms with Crippen LogP contribution in [-0.2, 0) is 0 Å². The number of hydrogen-bond donors (Lipinski definition) is 1. The van der Waals surface area contributed by atoms with E-state index in [1.54, 1.807) is 17.7 Å². The number of aryl methyl sites for hydroxylation is 2. The minimum Gasteiger partial charge on any atom is -0.340 e. The van der Waals surface area contributed by atoms with Crippen LogP contribution in [0.3, 0.4) is 0 Å². The van der Waals surface area contributed by atoms with Crippen LogP contribution >= 0.6 is 22.9 Å². The molecular weight excluding hydrogens is 350 g/mol. The summed E-state index contributed by atoms with van der Waals surface area (Å²) in [4.78, 5) is 11.2. The number of rotatable bonds is 3. The third kappa shape index (κ3) is 2.99. The van der Waals surface area contributed by atoms with Gasteiger partial charge in [-0.2, -0.15) is 0 Å². The molecule has 5 heteroatoms. The summed E-state index contributed by atoms with van der Waals surface area (Å²) in [6, 6.07) is 16.3. The Labute approximate surface area is 155 Å². The molecular formula is C20H16ClN3S. The van der Waals surface area contributed by atoms with Crippen LogP contribution in [0.15, 0.2) is 54.9 Å². The van der Waals surface area contributed by atoms with Crippen LogP contribution in [0, 0.1) is 13.8 Å². The molecule has 2 heterocycles. The zero-order valence-corrected chi connectivity index (χ0v) is 15.4. The van der Waals surface area contributed by atoms with Gasteiger partial charge in [-0.15, -0.1) is 11.3 Å². The van der Waals surface area contributed by atoms with Crippen LogP contribution in [0.2, 0.25) is 5.02 Å². The van der Waals surface area contributed by atoms with Gasteiger partial charge in [0.2, 0.25) is 0 Å². The molecule has 3 nitrogen and oxygen atoms in total. The number of nitrogens with zero attached hydrogens (tertiary/aromatic N) is 2. The fourth-order valence-electron chi connectivity index (χ4n) is 2.90. The first-order valence-electron chi connectivity index (χ1n) is 7.96. The number of hydrogen-bond acceptors (Lipinski definition) is 4. The molecule has 124 valence electrons. The third-order valence-electron chi connectivity index (χ3n) is 4.16. The molecule has 0 aliphatic rings. The average molecular weight is 366 g/mol. The minimum absolute atomic E-state index is 0.736. The first kappa shape index (κ1) is 16.1. The van der Waals surface area contributed by atoms with Gasteiger partial charge in [0.15, 0.2) is 0 Å². The Hall–Kier alpha value is -2.43. The lowest BCUT2D eigenvalue weighted by Crippen LogP contribution is -1.96. The Morgan fingerprint density at radius 3 is 2.56 bits per heavy atom. The van der Waals surface area contributed by atoms with Crippen LogP contribution in [-0.4, -0.2) is 9.97 Å². The maximum Gasteiger partial charge on any atom is 0.143 e. The lowest BCUT2D eigenvalue weighted by atomic mass is 10.0. The highest BCUT2D eigenvalue weighted by molar-refractivity contribution is 7.19. The smallest absolute Gasteiger partial charge is 0.143 e. The van der Waals surface area contributed by atoms with Gasteiger partial charge in [-0.3, -0.25) is 0 Å². The summed E-state index contributed by atoms with van der Waals surface area (Å²) < 4.78 is 0. The van der Waals surface area contributed by atoms with Crippen molar-refractivity contribution in [1.29, 1.82) is 0 Å². The summed E-state index contributed by atoms with van der Waals surface area (Å²) in [5.41, 5.74) is 4.32. The van der Waals surface area contributed by atoms with Gasteiger partial charge in [0, 0.05) is 21.2 Å². The lowest BCUT2D eigenvalue weighted by Gasteiger charge is -2.10. The van der Waals surface area contributed by atoms with Crippen molar-refractivity contribution >= 4 is 44.7 Å². The minimum atomic E-state index is 0.736. The van der Waals surface area contributed by atoms with E-state index in [9.17, 15) is 0 Å². The van der Waals surface area contributed by atoms with Gasteiger partial charge in [-0.05, 0) is 37.1 Å². The van der Waals surface area contributed by atoms with Crippen molar-refractivity contribution in [1.82, 2.24) is 9.97 Å². The molecule has 0 spiro atoms. The van der Waals surface area contributed by atoms with Gasteiger partial charge in [0.1, 0.15) is 17.0 Å². The fraction of sp³-hybridized carbons (Fsp3) is 0.100. The number of aromatic nitrogens is 2. The number of nitrogens with one attached hydrogen (secondary N) is 1. The number of fused-ring (bicyclic) bond motifs is 1. The molecule has 4 aromatic rings. The molecule has 0 atom stereocenters. The summed E-state index contributed by atoms with van der Waals surface area (Å²) in [6.45, 7) is 4.12. The summed E-state index contributed by atoms with van der Waals surface area (Å²) in [5.74, 6) is 0.799. The van der Waals surface area contributed by atoms with E-state index in [-0.39, 0.29) is 0 Å². The Morgan fingerprint density at radius 1 is 1.00 bits per heavy atom. The van der Waals surface area contributed by atoms with Crippen LogP contribution in [0.5, 0.6) is 0 Å². The predicted octanol–water partition coefficient (Wildman–Crippen LogP) is 6.37. The van der Waals surface area contributed by atoms with Gasteiger partial charge in [0.25, 0.3) is 0 Å². The summed E-state index contributed by atoms with van der Waals surface area (Å²) in [6.07, 6.45) is 1.60. The van der Waals surface area contributed by atoms with Crippen LogP contribution < -0.4 is 5.32 Å². The van der Waals surface area contributed by atoms with Crippen molar-refractivity contribution in [3.8, 4) is 11.1 Å². The molecule has 0 aliphatic heterocycles. The van der Waals surface area contributed by atoms with E-state index in [0.29, 0.717) is 0 Å². The number of halogens is 1. The first-order chi connectivity index (χ1) is 12.1. The third-order valence-corrected chi connectivity index (χ3v) is 5.58. The van der Waals surface area contributed by atoms with Gasteiger partial charge in [-0.25, -0.2) is 9.97 Å². The lowest BCUT2D eigenvalue weighted by molar-refractivity contribution is 1.23. The molecule has 0 saturated heterocycles. The summed E-state index contributed by atoms with van der Waals surface area (Å²) in [7, 11) is 0. The Morgan fingerprint density at radius 2 is 1.80 bits per heavy atom. The van der Waals surface area contributed by atoms with Crippen LogP contribution in [0.25, 0.3) is 21.3 Å². The van der Waals surface area contributed by atoms with E-state index in [1.165, 1.54) is 16.0 Å². The zero-order valence-electron chi connectivity index (χ0n) is 13.9. The molecule has 0 amide bonds. The van der Waals surface area contributed by atoms with Crippen molar-refractivity contribution < 1.29 is 0 Å². The molecule has 0 aliphatic carbocycles. The van der Waals surface area contributed by atoms with Gasteiger partial charge < -0.3 is 5.32 Å². The molecule has 0 radical (unpaired) electrons. The normalized spacial score (nSPS) is 11.0. The van der Waals surface area contributed by atoms with Crippen molar-refractivity contribution in [3.05, 3.63) is 70.3 Å². The second-order valence-electron chi connectivity index (χ2n) is 5.89. The molecule has 25 heavy (non-hydrogen) atoms. The molecule has 2 aromatic heterocycles. The van der Waals surface area contributed by atoms with Gasteiger partial charge in [-0.1, -0.05) is 48.0 Å². The number of benzene rings is 2. The van der Waals surface area contributed by atoms with Crippen molar-refractivity contribution in [2.24, 2.45) is 0 Å². The van der Waals surface area contributed by atoms with Crippen molar-refractivity contribution in [3.63, 3.8) is 0 Å². The van der Waals surface area contributed by atoms with E-state index < -0.39 is 0 Å². The van der Waals surface area contributed by atoms with E-state index in [1.807, 2.05) is 31.2 Å². The molecule has 0 fully saturated rings. The number of anilines is 2. The van der Waals surface area contributed by atoms with E-state index in [2.05, 4.69) is 46.5 Å². The molecule has 0 unspecified atom stereocenters. The van der Waals surface area contributed by atoms with Gasteiger partial charge in [0.05, 0.1) is 5.39 Å². The summed E-state index contributed by atoms with van der Waals surface area (Å²) >= 11 is 7.95. The fourth-order valence-corrected chi connectivity index (χ4v) is 4.09. The largest absolute Gasteiger partial charge is 0.340 e. The van der Waals surface area contributed by atoms with Crippen LogP contribution in [0.1, 0.15) is 10.4 Å². The van der Waals surface area contributed by atoms with Crippen molar-refractivity contribution in [2.75, 3.05) is 5.32 Å². The van der Waals surface area contributed by atoms with Gasteiger partial charge >= 0.3 is 0 Å².